The van der Waals surface area contributed by atoms with E-state index in [1.165, 1.54) is 13.5 Å². The van der Waals surface area contributed by atoms with Gasteiger partial charge >= 0.3 is 6.03 Å². The van der Waals surface area contributed by atoms with Crippen molar-refractivity contribution in [1.29, 1.82) is 0 Å². The summed E-state index contributed by atoms with van der Waals surface area (Å²) in [4.78, 5) is 36.4. The third kappa shape index (κ3) is 3.00. The van der Waals surface area contributed by atoms with E-state index in [2.05, 4.69) is 16.4 Å². The molecular weight excluding hydrogens is 200 g/mol. The fourth-order valence-electron chi connectivity index (χ4n) is 0.721. The number of nitrogens with one attached hydrogen (secondary N) is 1. The van der Waals surface area contributed by atoms with Crippen LogP contribution in [0.15, 0.2) is 0 Å². The second-order valence-electron chi connectivity index (χ2n) is 1.90. The number of nitrogens with zero attached hydrogens (tertiary/aromatic N) is 1. The molecule has 1 aliphatic rings. The Labute approximate surface area is 79.7 Å². The van der Waals surface area contributed by atoms with Crippen LogP contribution in [0, 0.1) is 0 Å². The van der Waals surface area contributed by atoms with Crippen molar-refractivity contribution in [2.45, 2.75) is 6.42 Å². The molecule has 4 amide bonds. The molecule has 1 heterocycles. The quantitative estimate of drug-likeness (QED) is 0.481. The number of imide groups is 2. The second-order valence-corrected chi connectivity index (χ2v) is 1.90. The minimum Gasteiger partial charge on any atom is -0.275 e. The molecule has 0 aliphatic carbocycles. The number of rotatable bonds is 1. The van der Waals surface area contributed by atoms with E-state index in [1.54, 1.807) is 0 Å². The number of halogens is 1. The van der Waals surface area contributed by atoms with Gasteiger partial charge in [-0.05, 0) is 0 Å². The Balaban J connectivity index is 0.000000671. The molecule has 0 unspecified atom stereocenters. The summed E-state index contributed by atoms with van der Waals surface area (Å²) >= 11 is 4.64. The molecule has 0 spiro atoms. The lowest BCUT2D eigenvalue weighted by Crippen LogP contribution is -2.51. The van der Waals surface area contributed by atoms with Gasteiger partial charge in [0, 0.05) is 6.38 Å². The van der Waals surface area contributed by atoms with Crippen molar-refractivity contribution in [3.8, 4) is 0 Å². The number of hydrogen-bond donors (Lipinski definition) is 1. The molecule has 1 fully saturated rings. The summed E-state index contributed by atoms with van der Waals surface area (Å²) in [6.07, 6.45) is 1.12. The molecular formula is C6H9ClN2O4. The molecule has 0 radical (unpaired) electrons. The summed E-state index contributed by atoms with van der Waals surface area (Å²) < 4.78 is 0. The molecule has 1 rings (SSSR count). The van der Waals surface area contributed by atoms with Gasteiger partial charge < -0.3 is 0 Å². The molecule has 1 saturated heterocycles. The van der Waals surface area contributed by atoms with Crippen LogP contribution in [0.25, 0.3) is 0 Å². The van der Waals surface area contributed by atoms with Gasteiger partial charge in [-0.25, -0.2) is 4.79 Å². The van der Waals surface area contributed by atoms with Crippen LogP contribution in [0.3, 0.4) is 0 Å². The topological polar surface area (TPSA) is 75.7 Å². The Kier molecular flexibility index (Phi) is 5.01. The zero-order valence-corrected chi connectivity index (χ0v) is 7.92. The van der Waals surface area contributed by atoms with Gasteiger partial charge in [0.1, 0.15) is 6.42 Å². The zero-order valence-electron chi connectivity index (χ0n) is 7.17. The fourth-order valence-corrected chi connectivity index (χ4v) is 0.721. The number of alkyl halides is 1. The van der Waals surface area contributed by atoms with E-state index in [0.29, 0.717) is 5.06 Å². The van der Waals surface area contributed by atoms with Crippen molar-refractivity contribution in [2.24, 2.45) is 0 Å². The molecule has 0 atom stereocenters. The predicted molar refractivity (Wildman–Crippen MR) is 43.8 cm³/mol. The van der Waals surface area contributed by atoms with E-state index in [9.17, 15) is 14.4 Å². The maximum Gasteiger partial charge on any atom is 0.355 e. The summed E-state index contributed by atoms with van der Waals surface area (Å²) in [6, 6.07) is -0.839. The van der Waals surface area contributed by atoms with Crippen LogP contribution >= 0.6 is 11.6 Å². The highest BCUT2D eigenvalue weighted by Crippen LogP contribution is 2.01. The van der Waals surface area contributed by atoms with Crippen LogP contribution in [-0.4, -0.2) is 36.4 Å². The average Bonchev–Trinajstić information content (AvgIpc) is 2.07. The van der Waals surface area contributed by atoms with Crippen molar-refractivity contribution in [3.63, 3.8) is 0 Å². The third-order valence-electron chi connectivity index (χ3n) is 1.15. The van der Waals surface area contributed by atoms with Crippen molar-refractivity contribution in [3.05, 3.63) is 0 Å². The van der Waals surface area contributed by atoms with Crippen molar-refractivity contribution >= 4 is 29.4 Å². The highest BCUT2D eigenvalue weighted by Gasteiger charge is 2.30. The first-order chi connectivity index (χ1) is 6.15. The largest absolute Gasteiger partial charge is 0.355 e. The lowest BCUT2D eigenvalue weighted by Gasteiger charge is -2.21. The Hall–Kier alpha value is -1.14. The number of hydrogen-bond acceptors (Lipinski definition) is 4. The molecule has 1 N–H and O–H groups in total. The van der Waals surface area contributed by atoms with E-state index < -0.39 is 17.8 Å². The minimum atomic E-state index is -0.839. The smallest absolute Gasteiger partial charge is 0.275 e. The highest BCUT2D eigenvalue weighted by atomic mass is 35.5. The highest BCUT2D eigenvalue weighted by molar-refractivity contribution is 6.15. The first kappa shape index (κ1) is 11.9. The predicted octanol–water partition coefficient (Wildman–Crippen LogP) is -0.129. The molecule has 6 nitrogen and oxygen atoms in total. The standard InChI is InChI=1S/C5H6N2O4.CH3Cl/c1-11-7-4(9)2-3(8)6-5(7)10;1-2/h2H2,1H3,(H,6,8,10);1H3. The number of amides is 4. The normalized spacial score (nSPS) is 16.2. The number of carbonyl (C=O) groups is 3. The molecule has 1 aliphatic heterocycles. The van der Waals surface area contributed by atoms with Crippen molar-refractivity contribution < 1.29 is 19.2 Å². The summed E-state index contributed by atoms with van der Waals surface area (Å²) in [5.74, 6) is -1.26. The number of urea groups is 1. The average molecular weight is 209 g/mol. The van der Waals surface area contributed by atoms with Gasteiger partial charge in [0.2, 0.25) is 5.91 Å². The lowest BCUT2D eigenvalue weighted by atomic mass is 10.3. The Morgan fingerprint density at radius 3 is 2.31 bits per heavy atom. The first-order valence-electron chi connectivity index (χ1n) is 3.24. The maximum atomic E-state index is 10.8. The third-order valence-corrected chi connectivity index (χ3v) is 1.15. The molecule has 0 aromatic carbocycles. The van der Waals surface area contributed by atoms with Gasteiger partial charge in [0.15, 0.2) is 0 Å². The Morgan fingerprint density at radius 2 is 1.92 bits per heavy atom. The molecule has 0 aromatic rings. The van der Waals surface area contributed by atoms with Gasteiger partial charge in [-0.15, -0.1) is 16.7 Å². The van der Waals surface area contributed by atoms with E-state index in [0.717, 1.165) is 0 Å². The van der Waals surface area contributed by atoms with Crippen molar-refractivity contribution in [2.75, 3.05) is 13.5 Å². The fraction of sp³-hybridized carbons (Fsp3) is 0.500. The van der Waals surface area contributed by atoms with Crippen LogP contribution in [-0.2, 0) is 14.4 Å². The van der Waals surface area contributed by atoms with Crippen molar-refractivity contribution in [1.82, 2.24) is 10.4 Å². The summed E-state index contributed by atoms with van der Waals surface area (Å²) in [5, 5.41) is 2.41. The second kappa shape index (κ2) is 5.50. The number of carbonyl (C=O) groups excluding carboxylic acids is 3. The Bertz CT molecular complexity index is 211. The van der Waals surface area contributed by atoms with Crippen LogP contribution in [0.1, 0.15) is 6.42 Å². The molecule has 7 heteroatoms. The Morgan fingerprint density at radius 1 is 1.38 bits per heavy atom. The van der Waals surface area contributed by atoms with Crippen LogP contribution in [0.4, 0.5) is 4.79 Å². The van der Waals surface area contributed by atoms with Crippen LogP contribution in [0.5, 0.6) is 0 Å². The summed E-state index contributed by atoms with van der Waals surface area (Å²) in [7, 11) is 1.17. The van der Waals surface area contributed by atoms with Gasteiger partial charge in [0.25, 0.3) is 5.91 Å². The lowest BCUT2D eigenvalue weighted by molar-refractivity contribution is -0.165. The summed E-state index contributed by atoms with van der Waals surface area (Å²) in [6.45, 7) is 0. The maximum absolute atomic E-state index is 10.8. The number of barbiturate groups is 1. The van der Waals surface area contributed by atoms with Gasteiger partial charge in [-0.2, -0.15) is 0 Å². The molecule has 0 bridgehead atoms. The van der Waals surface area contributed by atoms with E-state index in [-0.39, 0.29) is 6.42 Å². The summed E-state index contributed by atoms with van der Waals surface area (Å²) in [5.41, 5.74) is 0. The SMILES string of the molecule is CCl.CON1C(=O)CC(=O)NC1=O. The monoisotopic (exact) mass is 208 g/mol. The zero-order chi connectivity index (χ0) is 10.4. The first-order valence-corrected chi connectivity index (χ1v) is 3.99. The number of hydroxylamine groups is 2. The molecule has 74 valence electrons. The molecule has 0 saturated carbocycles. The minimum absolute atomic E-state index is 0.348. The van der Waals surface area contributed by atoms with Crippen LogP contribution < -0.4 is 5.32 Å². The van der Waals surface area contributed by atoms with Crippen LogP contribution in [0.2, 0.25) is 0 Å². The van der Waals surface area contributed by atoms with Gasteiger partial charge in [-0.1, -0.05) is 0 Å². The molecule has 0 aromatic heterocycles. The van der Waals surface area contributed by atoms with E-state index in [4.69, 9.17) is 0 Å². The van der Waals surface area contributed by atoms with E-state index in [1.807, 2.05) is 5.32 Å². The van der Waals surface area contributed by atoms with Gasteiger partial charge in [-0.3, -0.25) is 19.7 Å². The molecule has 13 heavy (non-hydrogen) atoms. The van der Waals surface area contributed by atoms with E-state index >= 15 is 0 Å². The van der Waals surface area contributed by atoms with Gasteiger partial charge in [0.05, 0.1) is 7.11 Å².